The molecule has 3 amide bonds. The predicted molar refractivity (Wildman–Crippen MR) is 55.7 cm³/mol. The van der Waals surface area contributed by atoms with E-state index < -0.39 is 17.6 Å². The minimum atomic E-state index is -1.46. The lowest BCUT2D eigenvalue weighted by Gasteiger charge is -2.36. The van der Waals surface area contributed by atoms with E-state index in [0.29, 0.717) is 6.54 Å². The molecule has 1 heterocycles. The van der Waals surface area contributed by atoms with Gasteiger partial charge in [0.25, 0.3) is 5.91 Å². The summed E-state index contributed by atoms with van der Waals surface area (Å²) in [6.45, 7) is 2.75. The molecule has 0 aromatic carbocycles. The molecular weight excluding hydrogens is 196 g/mol. The first-order valence-electron chi connectivity index (χ1n) is 5.15. The van der Waals surface area contributed by atoms with Crippen LogP contribution >= 0.6 is 0 Å². The zero-order chi connectivity index (χ0) is 11.5. The number of carbonyl (C=O) groups excluding carboxylic acids is 2. The highest BCUT2D eigenvalue weighted by Gasteiger charge is 2.39. The van der Waals surface area contributed by atoms with Crippen molar-refractivity contribution in [1.29, 1.82) is 0 Å². The fraction of sp³-hybridized carbons (Fsp3) is 0.778. The molecule has 1 rings (SSSR count). The van der Waals surface area contributed by atoms with Crippen LogP contribution in [-0.2, 0) is 4.79 Å². The van der Waals surface area contributed by atoms with Gasteiger partial charge in [-0.3, -0.25) is 10.1 Å². The standard InChI is InChI=1S/C9H18N4O2/c1-2-3-4-5-13-6-9(10,11)7(14)12-8(13)15/h2-6,10-11H2,1H3,(H,12,14,15). The zero-order valence-electron chi connectivity index (χ0n) is 8.95. The molecule has 0 radical (unpaired) electrons. The summed E-state index contributed by atoms with van der Waals surface area (Å²) in [5.74, 6) is -0.612. The highest BCUT2D eigenvalue weighted by molar-refractivity contribution is 6.01. The van der Waals surface area contributed by atoms with E-state index in [-0.39, 0.29) is 6.54 Å². The van der Waals surface area contributed by atoms with Gasteiger partial charge in [-0.15, -0.1) is 0 Å². The van der Waals surface area contributed by atoms with Crippen molar-refractivity contribution < 1.29 is 9.59 Å². The number of unbranched alkanes of at least 4 members (excludes halogenated alkanes) is 2. The molecule has 0 aromatic rings. The van der Waals surface area contributed by atoms with Crippen LogP contribution in [0.15, 0.2) is 0 Å². The number of nitrogens with one attached hydrogen (secondary N) is 1. The highest BCUT2D eigenvalue weighted by Crippen LogP contribution is 2.07. The van der Waals surface area contributed by atoms with Gasteiger partial charge in [0.2, 0.25) is 0 Å². The molecule has 0 atom stereocenters. The van der Waals surface area contributed by atoms with Crippen LogP contribution in [0.25, 0.3) is 0 Å². The van der Waals surface area contributed by atoms with E-state index >= 15 is 0 Å². The third-order valence-corrected chi connectivity index (χ3v) is 2.41. The minimum Gasteiger partial charge on any atom is -0.321 e. The number of hydrogen-bond donors (Lipinski definition) is 3. The normalized spacial score (nSPS) is 20.3. The minimum absolute atomic E-state index is 0.0847. The van der Waals surface area contributed by atoms with Crippen molar-refractivity contribution >= 4 is 11.9 Å². The molecule has 0 saturated carbocycles. The predicted octanol–water partition coefficient (Wildman–Crippen LogP) is -0.658. The maximum Gasteiger partial charge on any atom is 0.324 e. The van der Waals surface area contributed by atoms with E-state index in [1.165, 1.54) is 4.90 Å². The van der Waals surface area contributed by atoms with Crippen LogP contribution < -0.4 is 16.8 Å². The summed E-state index contributed by atoms with van der Waals surface area (Å²) in [5.41, 5.74) is 9.64. The van der Waals surface area contributed by atoms with E-state index in [4.69, 9.17) is 11.5 Å². The van der Waals surface area contributed by atoms with Crippen molar-refractivity contribution in [2.24, 2.45) is 11.5 Å². The van der Waals surface area contributed by atoms with Crippen LogP contribution in [0.3, 0.4) is 0 Å². The second-order valence-corrected chi connectivity index (χ2v) is 3.93. The summed E-state index contributed by atoms with van der Waals surface area (Å²) in [5, 5.41) is 2.14. The Morgan fingerprint density at radius 2 is 2.07 bits per heavy atom. The number of carbonyl (C=O) groups is 2. The van der Waals surface area contributed by atoms with Gasteiger partial charge in [0.1, 0.15) is 0 Å². The molecule has 0 bridgehead atoms. The highest BCUT2D eigenvalue weighted by atomic mass is 16.2. The monoisotopic (exact) mass is 214 g/mol. The second kappa shape index (κ2) is 4.59. The lowest BCUT2D eigenvalue weighted by Crippen LogP contribution is -2.73. The molecule has 6 nitrogen and oxygen atoms in total. The lowest BCUT2D eigenvalue weighted by atomic mass is 10.1. The quantitative estimate of drug-likeness (QED) is 0.427. The summed E-state index contributed by atoms with van der Waals surface area (Å²) >= 11 is 0. The molecule has 0 aliphatic carbocycles. The molecule has 0 unspecified atom stereocenters. The first-order chi connectivity index (χ1) is 6.97. The Morgan fingerprint density at radius 1 is 1.40 bits per heavy atom. The van der Waals surface area contributed by atoms with Gasteiger partial charge in [0, 0.05) is 6.54 Å². The summed E-state index contributed by atoms with van der Waals surface area (Å²) in [4.78, 5) is 24.0. The van der Waals surface area contributed by atoms with Crippen LogP contribution in [-0.4, -0.2) is 35.6 Å². The average Bonchev–Trinajstić information content (AvgIpc) is 2.14. The number of urea groups is 1. The van der Waals surface area contributed by atoms with Gasteiger partial charge >= 0.3 is 6.03 Å². The third kappa shape index (κ3) is 2.90. The summed E-state index contributed by atoms with van der Waals surface area (Å²) < 4.78 is 0. The number of nitrogens with zero attached hydrogens (tertiary/aromatic N) is 1. The first-order valence-corrected chi connectivity index (χ1v) is 5.15. The number of hydrogen-bond acceptors (Lipinski definition) is 4. The first kappa shape index (κ1) is 11.9. The van der Waals surface area contributed by atoms with Gasteiger partial charge in [-0.25, -0.2) is 4.79 Å². The van der Waals surface area contributed by atoms with Gasteiger partial charge in [-0.05, 0) is 6.42 Å². The van der Waals surface area contributed by atoms with Crippen molar-refractivity contribution in [3.8, 4) is 0 Å². The van der Waals surface area contributed by atoms with Gasteiger partial charge in [0.05, 0.1) is 6.54 Å². The summed E-state index contributed by atoms with van der Waals surface area (Å²) in [6, 6.07) is -0.400. The Morgan fingerprint density at radius 3 is 2.67 bits per heavy atom. The molecule has 1 aliphatic rings. The molecule has 1 aliphatic heterocycles. The maximum atomic E-state index is 11.4. The van der Waals surface area contributed by atoms with Crippen LogP contribution in [0, 0.1) is 0 Å². The lowest BCUT2D eigenvalue weighted by molar-refractivity contribution is -0.127. The zero-order valence-corrected chi connectivity index (χ0v) is 8.95. The largest absolute Gasteiger partial charge is 0.324 e. The Hall–Kier alpha value is -1.14. The van der Waals surface area contributed by atoms with Gasteiger partial charge in [0.15, 0.2) is 5.66 Å². The number of rotatable bonds is 4. The molecule has 0 spiro atoms. The maximum absolute atomic E-state index is 11.4. The third-order valence-electron chi connectivity index (χ3n) is 2.41. The Labute approximate surface area is 89.0 Å². The molecule has 5 N–H and O–H groups in total. The Kier molecular flexibility index (Phi) is 3.65. The fourth-order valence-corrected chi connectivity index (χ4v) is 1.49. The van der Waals surface area contributed by atoms with Crippen molar-refractivity contribution in [3.63, 3.8) is 0 Å². The van der Waals surface area contributed by atoms with Crippen LogP contribution in [0.5, 0.6) is 0 Å². The molecule has 6 heteroatoms. The van der Waals surface area contributed by atoms with E-state index in [0.717, 1.165) is 19.3 Å². The molecule has 0 aromatic heterocycles. The van der Waals surface area contributed by atoms with Crippen molar-refractivity contribution in [2.75, 3.05) is 13.1 Å². The number of amides is 3. The second-order valence-electron chi connectivity index (χ2n) is 3.93. The average molecular weight is 214 g/mol. The molecule has 1 saturated heterocycles. The van der Waals surface area contributed by atoms with E-state index in [1.54, 1.807) is 0 Å². The van der Waals surface area contributed by atoms with Gasteiger partial charge in [-0.1, -0.05) is 19.8 Å². The van der Waals surface area contributed by atoms with E-state index in [2.05, 4.69) is 12.2 Å². The number of imide groups is 1. The SMILES string of the molecule is CCCCCN1CC(N)(N)C(=O)NC1=O. The topological polar surface area (TPSA) is 101 Å². The smallest absolute Gasteiger partial charge is 0.321 e. The van der Waals surface area contributed by atoms with Gasteiger partial charge in [-0.2, -0.15) is 0 Å². The molecule has 15 heavy (non-hydrogen) atoms. The summed E-state index contributed by atoms with van der Waals surface area (Å²) in [7, 11) is 0. The molecule has 1 fully saturated rings. The molecular formula is C9H18N4O2. The number of nitrogens with two attached hydrogens (primary N) is 2. The molecule has 86 valence electrons. The van der Waals surface area contributed by atoms with Crippen LogP contribution in [0.2, 0.25) is 0 Å². The van der Waals surface area contributed by atoms with Gasteiger partial charge < -0.3 is 16.4 Å². The summed E-state index contributed by atoms with van der Waals surface area (Å²) in [6.07, 6.45) is 3.01. The van der Waals surface area contributed by atoms with Crippen LogP contribution in [0.1, 0.15) is 26.2 Å². The van der Waals surface area contributed by atoms with Crippen molar-refractivity contribution in [2.45, 2.75) is 31.8 Å². The Balaban J connectivity index is 2.51. The fourth-order valence-electron chi connectivity index (χ4n) is 1.49. The van der Waals surface area contributed by atoms with Crippen molar-refractivity contribution in [1.82, 2.24) is 10.2 Å². The van der Waals surface area contributed by atoms with E-state index in [1.807, 2.05) is 0 Å². The van der Waals surface area contributed by atoms with Crippen molar-refractivity contribution in [3.05, 3.63) is 0 Å². The Bertz CT molecular complexity index is 265. The van der Waals surface area contributed by atoms with Crippen LogP contribution in [0.4, 0.5) is 4.79 Å². The van der Waals surface area contributed by atoms with E-state index in [9.17, 15) is 9.59 Å².